The highest BCUT2D eigenvalue weighted by Gasteiger charge is 2.12. The third-order valence-corrected chi connectivity index (χ3v) is 2.52. The van der Waals surface area contributed by atoms with Crippen LogP contribution in [0.3, 0.4) is 0 Å². The smallest absolute Gasteiger partial charge is 0.328 e. The number of carboxylic acids is 1. The lowest BCUT2D eigenvalue weighted by atomic mass is 10.0. The van der Waals surface area contributed by atoms with E-state index in [4.69, 9.17) is 14.6 Å². The molecule has 0 aliphatic carbocycles. The number of hydrogen-bond acceptors (Lipinski definition) is 3. The summed E-state index contributed by atoms with van der Waals surface area (Å²) in [6.07, 6.45) is 3.39. The highest BCUT2D eigenvalue weighted by Crippen LogP contribution is 2.33. The summed E-state index contributed by atoms with van der Waals surface area (Å²) in [5.74, 6) is 0.469. The van der Waals surface area contributed by atoms with Gasteiger partial charge in [-0.3, -0.25) is 0 Å². The first kappa shape index (κ1) is 14.1. The minimum atomic E-state index is -0.980. The van der Waals surface area contributed by atoms with Crippen LogP contribution in [0.15, 0.2) is 18.2 Å². The second kappa shape index (κ2) is 6.69. The van der Waals surface area contributed by atoms with Crippen molar-refractivity contribution in [1.29, 1.82) is 0 Å². The molecule has 0 saturated carbocycles. The normalized spacial score (nSPS) is 10.6. The highest BCUT2D eigenvalue weighted by atomic mass is 16.5. The Hall–Kier alpha value is -1.97. The van der Waals surface area contributed by atoms with E-state index < -0.39 is 5.97 Å². The fraction of sp³-hybridized carbons (Fsp3) is 0.357. The molecule has 0 spiro atoms. The molecule has 0 saturated heterocycles. The van der Waals surface area contributed by atoms with Crippen molar-refractivity contribution in [3.63, 3.8) is 0 Å². The molecule has 0 unspecified atom stereocenters. The quantitative estimate of drug-likeness (QED) is 0.789. The molecule has 0 fully saturated rings. The van der Waals surface area contributed by atoms with Gasteiger partial charge in [0.05, 0.1) is 13.7 Å². The summed E-state index contributed by atoms with van der Waals surface area (Å²) in [4.78, 5) is 10.6. The van der Waals surface area contributed by atoms with Crippen LogP contribution >= 0.6 is 0 Å². The van der Waals surface area contributed by atoms with Crippen LogP contribution in [0.2, 0.25) is 0 Å². The Bertz CT molecular complexity index is 449. The molecular formula is C14H18O4. The molecule has 18 heavy (non-hydrogen) atoms. The Morgan fingerprint density at radius 1 is 1.39 bits per heavy atom. The monoisotopic (exact) mass is 250 g/mol. The Labute approximate surface area is 107 Å². The van der Waals surface area contributed by atoms with E-state index in [-0.39, 0.29) is 0 Å². The van der Waals surface area contributed by atoms with Crippen molar-refractivity contribution in [1.82, 2.24) is 0 Å². The molecule has 1 N–H and O–H groups in total. The van der Waals surface area contributed by atoms with Crippen LogP contribution in [0.1, 0.15) is 25.0 Å². The number of carboxylic acid groups (broad SMARTS) is 1. The SMILES string of the molecule is CCOc1c(C=CC(=O)O)ccc(OC)c1CC. The second-order valence-corrected chi connectivity index (χ2v) is 3.62. The van der Waals surface area contributed by atoms with Crippen LogP contribution in [0, 0.1) is 0 Å². The molecular weight excluding hydrogens is 232 g/mol. The topological polar surface area (TPSA) is 55.8 Å². The first-order valence-corrected chi connectivity index (χ1v) is 5.87. The van der Waals surface area contributed by atoms with Gasteiger partial charge in [0.25, 0.3) is 0 Å². The average Bonchev–Trinajstić information content (AvgIpc) is 2.36. The maximum Gasteiger partial charge on any atom is 0.328 e. The molecule has 0 aliphatic rings. The lowest BCUT2D eigenvalue weighted by Crippen LogP contribution is -2.01. The van der Waals surface area contributed by atoms with Crippen molar-refractivity contribution >= 4 is 12.0 Å². The van der Waals surface area contributed by atoms with Crippen molar-refractivity contribution < 1.29 is 19.4 Å². The van der Waals surface area contributed by atoms with Gasteiger partial charge in [-0.15, -0.1) is 0 Å². The molecule has 1 aromatic rings. The van der Waals surface area contributed by atoms with Crippen LogP contribution in [-0.4, -0.2) is 24.8 Å². The zero-order valence-electron chi connectivity index (χ0n) is 10.9. The Morgan fingerprint density at radius 3 is 2.61 bits per heavy atom. The van der Waals surface area contributed by atoms with E-state index in [1.165, 1.54) is 6.08 Å². The summed E-state index contributed by atoms with van der Waals surface area (Å²) in [7, 11) is 1.61. The van der Waals surface area contributed by atoms with E-state index in [0.717, 1.165) is 29.4 Å². The number of rotatable bonds is 6. The van der Waals surface area contributed by atoms with Gasteiger partial charge < -0.3 is 14.6 Å². The molecule has 4 heteroatoms. The molecule has 0 bridgehead atoms. The van der Waals surface area contributed by atoms with Gasteiger partial charge in [0.1, 0.15) is 11.5 Å². The summed E-state index contributed by atoms with van der Waals surface area (Å²) in [5, 5.41) is 8.67. The van der Waals surface area contributed by atoms with Crippen molar-refractivity contribution in [2.24, 2.45) is 0 Å². The highest BCUT2D eigenvalue weighted by molar-refractivity contribution is 5.86. The van der Waals surface area contributed by atoms with Gasteiger partial charge in [-0.25, -0.2) is 4.79 Å². The molecule has 0 aliphatic heterocycles. The molecule has 0 amide bonds. The van der Waals surface area contributed by atoms with Crippen LogP contribution in [0.5, 0.6) is 11.5 Å². The maximum absolute atomic E-state index is 10.6. The van der Waals surface area contributed by atoms with E-state index in [1.54, 1.807) is 13.2 Å². The summed E-state index contributed by atoms with van der Waals surface area (Å²) in [6, 6.07) is 3.62. The number of hydrogen-bond donors (Lipinski definition) is 1. The number of methoxy groups -OCH3 is 1. The van der Waals surface area contributed by atoms with Gasteiger partial charge in [-0.1, -0.05) is 6.92 Å². The molecule has 0 aromatic heterocycles. The molecule has 98 valence electrons. The molecule has 0 radical (unpaired) electrons. The summed E-state index contributed by atoms with van der Waals surface area (Å²) >= 11 is 0. The first-order chi connectivity index (χ1) is 8.63. The minimum absolute atomic E-state index is 0.522. The van der Waals surface area contributed by atoms with Crippen molar-refractivity contribution in [3.05, 3.63) is 29.3 Å². The maximum atomic E-state index is 10.6. The van der Waals surface area contributed by atoms with E-state index in [2.05, 4.69) is 0 Å². The predicted molar refractivity (Wildman–Crippen MR) is 70.2 cm³/mol. The van der Waals surface area contributed by atoms with Crippen LogP contribution in [0.4, 0.5) is 0 Å². The van der Waals surface area contributed by atoms with Gasteiger partial charge in [0.15, 0.2) is 0 Å². The zero-order valence-corrected chi connectivity index (χ0v) is 10.9. The van der Waals surface area contributed by atoms with Gasteiger partial charge in [-0.05, 0) is 31.6 Å². The standard InChI is InChI=1S/C14H18O4/c1-4-11-12(17-3)8-6-10(7-9-13(15)16)14(11)18-5-2/h6-9H,4-5H2,1-3H3,(H,15,16). The Kier molecular flexibility index (Phi) is 5.24. The minimum Gasteiger partial charge on any atom is -0.496 e. The van der Waals surface area contributed by atoms with E-state index in [9.17, 15) is 4.79 Å². The van der Waals surface area contributed by atoms with Crippen LogP contribution in [-0.2, 0) is 11.2 Å². The number of carbonyl (C=O) groups is 1. The Morgan fingerprint density at radius 2 is 2.11 bits per heavy atom. The van der Waals surface area contributed by atoms with Crippen LogP contribution < -0.4 is 9.47 Å². The number of aliphatic carboxylic acids is 1. The average molecular weight is 250 g/mol. The molecule has 4 nitrogen and oxygen atoms in total. The predicted octanol–water partition coefficient (Wildman–Crippen LogP) is 2.75. The summed E-state index contributed by atoms with van der Waals surface area (Å²) in [6.45, 7) is 4.42. The fourth-order valence-corrected chi connectivity index (χ4v) is 1.76. The van der Waals surface area contributed by atoms with E-state index in [0.29, 0.717) is 12.4 Å². The third kappa shape index (κ3) is 3.26. The summed E-state index contributed by atoms with van der Waals surface area (Å²) < 4.78 is 10.9. The van der Waals surface area contributed by atoms with Gasteiger partial charge in [-0.2, -0.15) is 0 Å². The molecule has 0 heterocycles. The van der Waals surface area contributed by atoms with E-state index >= 15 is 0 Å². The lowest BCUT2D eigenvalue weighted by Gasteiger charge is -2.15. The van der Waals surface area contributed by atoms with Gasteiger partial charge >= 0.3 is 5.97 Å². The third-order valence-electron chi connectivity index (χ3n) is 2.52. The van der Waals surface area contributed by atoms with Crippen molar-refractivity contribution in [2.45, 2.75) is 20.3 Å². The summed E-state index contributed by atoms with van der Waals surface area (Å²) in [5.41, 5.74) is 1.70. The first-order valence-electron chi connectivity index (χ1n) is 5.87. The van der Waals surface area contributed by atoms with Gasteiger partial charge in [0, 0.05) is 17.2 Å². The van der Waals surface area contributed by atoms with E-state index in [1.807, 2.05) is 19.9 Å². The zero-order chi connectivity index (χ0) is 13.5. The number of benzene rings is 1. The van der Waals surface area contributed by atoms with Crippen LogP contribution in [0.25, 0.3) is 6.08 Å². The Balaban J connectivity index is 3.29. The van der Waals surface area contributed by atoms with Crippen molar-refractivity contribution in [2.75, 3.05) is 13.7 Å². The fourth-order valence-electron chi connectivity index (χ4n) is 1.76. The van der Waals surface area contributed by atoms with Crippen molar-refractivity contribution in [3.8, 4) is 11.5 Å². The molecule has 1 aromatic carbocycles. The second-order valence-electron chi connectivity index (χ2n) is 3.62. The van der Waals surface area contributed by atoms with Gasteiger partial charge in [0.2, 0.25) is 0 Å². The molecule has 1 rings (SSSR count). The lowest BCUT2D eigenvalue weighted by molar-refractivity contribution is -0.131. The molecule has 0 atom stereocenters. The largest absolute Gasteiger partial charge is 0.496 e. The number of ether oxygens (including phenoxy) is 2.